The number of nitrogens with one attached hydrogen (secondary N) is 3. The van der Waals surface area contributed by atoms with Crippen LogP contribution in [0.5, 0.6) is 0 Å². The van der Waals surface area contributed by atoms with E-state index in [0.717, 1.165) is 37.8 Å². The molecule has 0 radical (unpaired) electrons. The van der Waals surface area contributed by atoms with Crippen LogP contribution >= 0.6 is 0 Å². The van der Waals surface area contributed by atoms with E-state index >= 15 is 0 Å². The van der Waals surface area contributed by atoms with Crippen LogP contribution in [0.1, 0.15) is 37.7 Å². The standard InChI is InChI=1S/C20H27FN4O2/c21-14-3-1-13(2-4-14)10-22-16-9-18-20(27)23-11-17(25(18)12-16)7-8-19(26)24-15-5-6-15/h1-4,15-18,22H,5-12H2,(H,23,27)(H,24,26)/t16-,17-,18-/m1/s1. The summed E-state index contributed by atoms with van der Waals surface area (Å²) in [6, 6.07) is 7.17. The van der Waals surface area contributed by atoms with E-state index in [9.17, 15) is 14.0 Å². The molecule has 0 unspecified atom stereocenters. The van der Waals surface area contributed by atoms with Crippen molar-refractivity contribution in [3.63, 3.8) is 0 Å². The Labute approximate surface area is 158 Å². The number of fused-ring (bicyclic) bond motifs is 1. The van der Waals surface area contributed by atoms with Gasteiger partial charge in [-0.2, -0.15) is 0 Å². The van der Waals surface area contributed by atoms with E-state index in [-0.39, 0.29) is 35.8 Å². The molecule has 2 saturated heterocycles. The summed E-state index contributed by atoms with van der Waals surface area (Å²) in [5.41, 5.74) is 1.03. The molecule has 0 spiro atoms. The topological polar surface area (TPSA) is 73.5 Å². The SMILES string of the molecule is O=C(CC[C@@H]1CNC(=O)[C@H]2C[C@@H](NCc3ccc(F)cc3)CN12)NC1CC1. The number of piperazine rings is 1. The number of carbonyl (C=O) groups excluding carboxylic acids is 2. The van der Waals surface area contributed by atoms with Crippen LogP contribution in [0, 0.1) is 5.82 Å². The first kappa shape index (κ1) is 18.4. The van der Waals surface area contributed by atoms with E-state index in [4.69, 9.17) is 0 Å². The first-order valence-electron chi connectivity index (χ1n) is 9.89. The molecule has 1 aromatic carbocycles. The predicted octanol–water partition coefficient (Wildman–Crippen LogP) is 0.915. The van der Waals surface area contributed by atoms with Gasteiger partial charge in [0.1, 0.15) is 5.82 Å². The number of benzene rings is 1. The summed E-state index contributed by atoms with van der Waals surface area (Å²) in [5.74, 6) is -0.0297. The predicted molar refractivity (Wildman–Crippen MR) is 99.3 cm³/mol. The molecule has 3 atom stereocenters. The molecule has 3 fully saturated rings. The van der Waals surface area contributed by atoms with Gasteiger partial charge in [0.2, 0.25) is 11.8 Å². The van der Waals surface area contributed by atoms with E-state index in [0.29, 0.717) is 25.6 Å². The summed E-state index contributed by atoms with van der Waals surface area (Å²) < 4.78 is 13.0. The normalized spacial score (nSPS) is 27.9. The van der Waals surface area contributed by atoms with Gasteiger partial charge in [0.15, 0.2) is 0 Å². The quantitative estimate of drug-likeness (QED) is 0.664. The maximum Gasteiger partial charge on any atom is 0.237 e. The lowest BCUT2D eigenvalue weighted by Crippen LogP contribution is -2.58. The summed E-state index contributed by atoms with van der Waals surface area (Å²) in [4.78, 5) is 26.5. The fraction of sp³-hybridized carbons (Fsp3) is 0.600. The van der Waals surface area contributed by atoms with Gasteiger partial charge in [-0.15, -0.1) is 0 Å². The average molecular weight is 374 g/mol. The number of amides is 2. The van der Waals surface area contributed by atoms with Crippen LogP contribution < -0.4 is 16.0 Å². The van der Waals surface area contributed by atoms with Crippen molar-refractivity contribution in [2.45, 2.75) is 62.8 Å². The third-order valence-electron chi connectivity index (χ3n) is 5.78. The molecule has 2 aliphatic heterocycles. The van der Waals surface area contributed by atoms with E-state index in [2.05, 4.69) is 20.9 Å². The minimum Gasteiger partial charge on any atom is -0.353 e. The number of halogens is 1. The van der Waals surface area contributed by atoms with Crippen molar-refractivity contribution in [2.24, 2.45) is 0 Å². The molecular weight excluding hydrogens is 347 g/mol. The van der Waals surface area contributed by atoms with Crippen molar-refractivity contribution in [3.05, 3.63) is 35.6 Å². The average Bonchev–Trinajstić information content (AvgIpc) is 3.36. The van der Waals surface area contributed by atoms with Crippen LogP contribution in [-0.4, -0.2) is 54.0 Å². The second-order valence-electron chi connectivity index (χ2n) is 7.93. The summed E-state index contributed by atoms with van der Waals surface area (Å²) in [5, 5.41) is 9.52. The Morgan fingerprint density at radius 3 is 2.74 bits per heavy atom. The Bertz CT molecular complexity index is 692. The van der Waals surface area contributed by atoms with Crippen LogP contribution in [0.3, 0.4) is 0 Å². The molecule has 0 bridgehead atoms. The second-order valence-corrected chi connectivity index (χ2v) is 7.93. The molecule has 2 heterocycles. The van der Waals surface area contributed by atoms with E-state index < -0.39 is 0 Å². The Hall–Kier alpha value is -1.99. The molecule has 1 aliphatic carbocycles. The van der Waals surface area contributed by atoms with Crippen molar-refractivity contribution in [1.29, 1.82) is 0 Å². The highest BCUT2D eigenvalue weighted by atomic mass is 19.1. The van der Waals surface area contributed by atoms with E-state index in [1.54, 1.807) is 12.1 Å². The lowest BCUT2D eigenvalue weighted by Gasteiger charge is -2.37. The largest absolute Gasteiger partial charge is 0.353 e. The number of carbonyl (C=O) groups is 2. The zero-order chi connectivity index (χ0) is 18.8. The molecule has 3 N–H and O–H groups in total. The van der Waals surface area contributed by atoms with Gasteiger partial charge in [0.25, 0.3) is 0 Å². The van der Waals surface area contributed by atoms with Crippen molar-refractivity contribution in [1.82, 2.24) is 20.9 Å². The minimum absolute atomic E-state index is 0.0831. The summed E-state index contributed by atoms with van der Waals surface area (Å²) in [7, 11) is 0. The van der Waals surface area contributed by atoms with Gasteiger partial charge in [-0.3, -0.25) is 14.5 Å². The maximum atomic E-state index is 13.0. The van der Waals surface area contributed by atoms with Crippen LogP contribution in [0.4, 0.5) is 4.39 Å². The Kier molecular flexibility index (Phi) is 5.41. The monoisotopic (exact) mass is 374 g/mol. The first-order valence-corrected chi connectivity index (χ1v) is 9.89. The van der Waals surface area contributed by atoms with Crippen molar-refractivity contribution in [2.75, 3.05) is 13.1 Å². The number of hydrogen-bond donors (Lipinski definition) is 3. The minimum atomic E-state index is -0.234. The van der Waals surface area contributed by atoms with E-state index in [1.807, 2.05) is 0 Å². The van der Waals surface area contributed by atoms with Crippen molar-refractivity contribution < 1.29 is 14.0 Å². The molecule has 27 heavy (non-hydrogen) atoms. The van der Waals surface area contributed by atoms with E-state index in [1.165, 1.54) is 12.1 Å². The van der Waals surface area contributed by atoms with Crippen LogP contribution in [0.15, 0.2) is 24.3 Å². The fourth-order valence-corrected chi connectivity index (χ4v) is 4.08. The maximum absolute atomic E-state index is 13.0. The molecule has 3 aliphatic rings. The van der Waals surface area contributed by atoms with Crippen LogP contribution in [-0.2, 0) is 16.1 Å². The van der Waals surface area contributed by atoms with Crippen molar-refractivity contribution in [3.8, 4) is 0 Å². The Morgan fingerprint density at radius 1 is 1.22 bits per heavy atom. The van der Waals surface area contributed by atoms with Gasteiger partial charge in [0.05, 0.1) is 6.04 Å². The highest BCUT2D eigenvalue weighted by Crippen LogP contribution is 2.26. The molecule has 1 aromatic rings. The molecule has 1 saturated carbocycles. The third-order valence-corrected chi connectivity index (χ3v) is 5.78. The smallest absolute Gasteiger partial charge is 0.237 e. The highest BCUT2D eigenvalue weighted by molar-refractivity contribution is 5.83. The van der Waals surface area contributed by atoms with Gasteiger partial charge in [0, 0.05) is 44.2 Å². The Balaban J connectivity index is 1.29. The zero-order valence-corrected chi connectivity index (χ0v) is 15.4. The van der Waals surface area contributed by atoms with Gasteiger partial charge in [-0.05, 0) is 43.4 Å². The molecule has 4 rings (SSSR count). The molecule has 6 nitrogen and oxygen atoms in total. The molecule has 2 amide bonds. The molecule has 7 heteroatoms. The number of rotatable bonds is 7. The molecular formula is C20H27FN4O2. The molecule has 146 valence electrons. The summed E-state index contributed by atoms with van der Waals surface area (Å²) >= 11 is 0. The van der Waals surface area contributed by atoms with Gasteiger partial charge in [-0.1, -0.05) is 12.1 Å². The third kappa shape index (κ3) is 4.65. The first-order chi connectivity index (χ1) is 13.1. The lowest BCUT2D eigenvalue weighted by molar-refractivity contribution is -0.129. The Morgan fingerprint density at radius 2 is 2.00 bits per heavy atom. The fourth-order valence-electron chi connectivity index (χ4n) is 4.08. The van der Waals surface area contributed by atoms with Crippen LogP contribution in [0.25, 0.3) is 0 Å². The highest BCUT2D eigenvalue weighted by Gasteiger charge is 2.43. The zero-order valence-electron chi connectivity index (χ0n) is 15.4. The number of nitrogens with zero attached hydrogens (tertiary/aromatic N) is 1. The van der Waals surface area contributed by atoms with Crippen LogP contribution in [0.2, 0.25) is 0 Å². The van der Waals surface area contributed by atoms with Gasteiger partial charge < -0.3 is 16.0 Å². The molecule has 0 aromatic heterocycles. The lowest BCUT2D eigenvalue weighted by atomic mass is 10.0. The summed E-state index contributed by atoms with van der Waals surface area (Å²) in [6.07, 6.45) is 4.23. The number of hydrogen-bond acceptors (Lipinski definition) is 4. The van der Waals surface area contributed by atoms with Gasteiger partial charge >= 0.3 is 0 Å². The summed E-state index contributed by atoms with van der Waals surface area (Å²) in [6.45, 7) is 2.06. The second kappa shape index (κ2) is 7.94. The van der Waals surface area contributed by atoms with Crippen molar-refractivity contribution >= 4 is 11.8 Å². The van der Waals surface area contributed by atoms with Gasteiger partial charge in [-0.25, -0.2) is 4.39 Å².